The van der Waals surface area contributed by atoms with Gasteiger partial charge in [-0.15, -0.1) is 0 Å². The monoisotopic (exact) mass is 279 g/mol. The summed E-state index contributed by atoms with van der Waals surface area (Å²) < 4.78 is 13.5. The summed E-state index contributed by atoms with van der Waals surface area (Å²) in [6.07, 6.45) is 0.792. The molecule has 0 saturated carbocycles. The van der Waals surface area contributed by atoms with Gasteiger partial charge in [0, 0.05) is 11.2 Å². The van der Waals surface area contributed by atoms with Gasteiger partial charge in [0.1, 0.15) is 11.4 Å². The maximum atomic E-state index is 13.5. The minimum atomic E-state index is -1.05. The molecule has 1 aliphatic rings. The first-order valence-electron chi connectivity index (χ1n) is 6.90. The lowest BCUT2D eigenvalue weighted by Gasteiger charge is -2.53. The molecule has 1 aromatic carbocycles. The zero-order valence-electron chi connectivity index (χ0n) is 12.7. The second-order valence-electron chi connectivity index (χ2n) is 6.82. The molecule has 3 nitrogen and oxygen atoms in total. The van der Waals surface area contributed by atoms with Crippen molar-refractivity contribution in [1.82, 2.24) is 0 Å². The lowest BCUT2D eigenvalue weighted by Crippen LogP contribution is -2.61. The summed E-state index contributed by atoms with van der Waals surface area (Å²) in [5.74, 6) is -0.949. The summed E-state index contributed by atoms with van der Waals surface area (Å²) in [4.78, 5) is 13.6. The molecule has 0 fully saturated rings. The second kappa shape index (κ2) is 4.47. The zero-order chi connectivity index (χ0) is 15.3. The first kappa shape index (κ1) is 14.8. The molecule has 1 heterocycles. The molecule has 0 bridgehead atoms. The number of carboxylic acid groups (broad SMARTS) is 1. The fourth-order valence-corrected chi connectivity index (χ4v) is 3.55. The van der Waals surface area contributed by atoms with Crippen LogP contribution >= 0.6 is 0 Å². The summed E-state index contributed by atoms with van der Waals surface area (Å²) >= 11 is 0. The largest absolute Gasteiger partial charge is 0.480 e. The summed E-state index contributed by atoms with van der Waals surface area (Å²) in [6.45, 7) is 9.53. The molecule has 110 valence electrons. The Morgan fingerprint density at radius 1 is 1.45 bits per heavy atom. The van der Waals surface area contributed by atoms with Crippen LogP contribution in [0.2, 0.25) is 0 Å². The molecule has 0 amide bonds. The number of fused-ring (bicyclic) bond motifs is 1. The minimum Gasteiger partial charge on any atom is -0.480 e. The van der Waals surface area contributed by atoms with Crippen molar-refractivity contribution in [1.29, 1.82) is 0 Å². The van der Waals surface area contributed by atoms with E-state index in [1.54, 1.807) is 19.9 Å². The van der Waals surface area contributed by atoms with Crippen LogP contribution in [0.15, 0.2) is 18.2 Å². The highest BCUT2D eigenvalue weighted by Crippen LogP contribution is 2.46. The second-order valence-corrected chi connectivity index (χ2v) is 6.82. The van der Waals surface area contributed by atoms with Crippen molar-refractivity contribution in [2.24, 2.45) is 0 Å². The maximum absolute atomic E-state index is 13.5. The number of hydrogen-bond donors (Lipinski definition) is 1. The van der Waals surface area contributed by atoms with E-state index in [0.29, 0.717) is 0 Å². The van der Waals surface area contributed by atoms with Gasteiger partial charge < -0.3 is 10.0 Å². The SMILES string of the molecule is C[C@@H]1CC(C)(C)N(C(C)(C)C(=O)O)c2ccc(F)cc21. The zero-order valence-corrected chi connectivity index (χ0v) is 12.7. The highest BCUT2D eigenvalue weighted by molar-refractivity contribution is 5.84. The Morgan fingerprint density at radius 2 is 2.05 bits per heavy atom. The summed E-state index contributed by atoms with van der Waals surface area (Å²) in [5.41, 5.74) is 0.365. The fourth-order valence-electron chi connectivity index (χ4n) is 3.55. The third-order valence-electron chi connectivity index (χ3n) is 4.25. The van der Waals surface area contributed by atoms with E-state index in [4.69, 9.17) is 0 Å². The molecule has 20 heavy (non-hydrogen) atoms. The molecule has 1 aromatic rings. The van der Waals surface area contributed by atoms with E-state index >= 15 is 0 Å². The van der Waals surface area contributed by atoms with Crippen molar-refractivity contribution in [3.8, 4) is 0 Å². The first-order valence-corrected chi connectivity index (χ1v) is 6.90. The quantitative estimate of drug-likeness (QED) is 0.895. The average Bonchev–Trinajstić information content (AvgIpc) is 2.28. The molecule has 0 spiro atoms. The molecule has 0 aliphatic carbocycles. The van der Waals surface area contributed by atoms with Crippen LogP contribution < -0.4 is 4.90 Å². The van der Waals surface area contributed by atoms with Crippen LogP contribution in [-0.4, -0.2) is 22.2 Å². The van der Waals surface area contributed by atoms with Crippen molar-refractivity contribution in [2.75, 3.05) is 4.90 Å². The van der Waals surface area contributed by atoms with Gasteiger partial charge in [-0.1, -0.05) is 6.92 Å². The normalized spacial score (nSPS) is 21.5. The molecule has 1 aliphatic heterocycles. The lowest BCUT2D eigenvalue weighted by atomic mass is 9.77. The Kier molecular flexibility index (Phi) is 3.31. The molecule has 1 atom stereocenters. The molecule has 1 N–H and O–H groups in total. The summed E-state index contributed by atoms with van der Waals surface area (Å²) in [7, 11) is 0. The smallest absolute Gasteiger partial charge is 0.328 e. The number of halogens is 1. The van der Waals surface area contributed by atoms with E-state index in [-0.39, 0.29) is 17.3 Å². The predicted octanol–water partition coefficient (Wildman–Crippen LogP) is 3.78. The predicted molar refractivity (Wildman–Crippen MR) is 77.7 cm³/mol. The average molecular weight is 279 g/mol. The first-order chi connectivity index (χ1) is 9.07. The van der Waals surface area contributed by atoms with Crippen molar-refractivity contribution in [3.05, 3.63) is 29.6 Å². The van der Waals surface area contributed by atoms with E-state index in [1.807, 2.05) is 18.7 Å². The van der Waals surface area contributed by atoms with Gasteiger partial charge in [-0.25, -0.2) is 9.18 Å². The molecule has 0 unspecified atom stereocenters. The Balaban J connectivity index is 2.66. The van der Waals surface area contributed by atoms with Gasteiger partial charge in [-0.2, -0.15) is 0 Å². The number of anilines is 1. The van der Waals surface area contributed by atoms with Gasteiger partial charge in [0.25, 0.3) is 0 Å². The van der Waals surface area contributed by atoms with Gasteiger partial charge in [0.05, 0.1) is 0 Å². The highest BCUT2D eigenvalue weighted by Gasteiger charge is 2.47. The fraction of sp³-hybridized carbons (Fsp3) is 0.562. The van der Waals surface area contributed by atoms with Crippen molar-refractivity contribution in [3.63, 3.8) is 0 Å². The summed E-state index contributed by atoms with van der Waals surface area (Å²) in [5, 5.41) is 9.56. The Hall–Kier alpha value is -1.58. The molecular formula is C16H22FNO2. The number of nitrogens with zero attached hydrogens (tertiary/aromatic N) is 1. The maximum Gasteiger partial charge on any atom is 0.328 e. The third-order valence-corrected chi connectivity index (χ3v) is 4.25. The van der Waals surface area contributed by atoms with Crippen LogP contribution in [0.3, 0.4) is 0 Å². The van der Waals surface area contributed by atoms with E-state index in [1.165, 1.54) is 12.1 Å². The Bertz CT molecular complexity index is 551. The van der Waals surface area contributed by atoms with E-state index in [2.05, 4.69) is 6.92 Å². The van der Waals surface area contributed by atoms with Crippen LogP contribution in [0.4, 0.5) is 10.1 Å². The molecule has 0 saturated heterocycles. The van der Waals surface area contributed by atoms with E-state index < -0.39 is 11.5 Å². The van der Waals surface area contributed by atoms with Gasteiger partial charge in [-0.05, 0) is 63.8 Å². The molecule has 0 aromatic heterocycles. The standard InChI is InChI=1S/C16H22FNO2/c1-10-9-15(2,3)18(16(4,5)14(19)20)13-7-6-11(17)8-12(10)13/h6-8,10H,9H2,1-5H3,(H,19,20)/t10-/m1/s1. The van der Waals surface area contributed by atoms with Crippen molar-refractivity contribution < 1.29 is 14.3 Å². The van der Waals surface area contributed by atoms with Gasteiger partial charge >= 0.3 is 5.97 Å². The van der Waals surface area contributed by atoms with Crippen LogP contribution in [0.1, 0.15) is 52.5 Å². The van der Waals surface area contributed by atoms with Crippen LogP contribution in [0.25, 0.3) is 0 Å². The molecule has 4 heteroatoms. The highest BCUT2D eigenvalue weighted by atomic mass is 19.1. The molecular weight excluding hydrogens is 257 g/mol. The van der Waals surface area contributed by atoms with E-state index in [9.17, 15) is 14.3 Å². The van der Waals surface area contributed by atoms with Gasteiger partial charge in [0.15, 0.2) is 0 Å². The van der Waals surface area contributed by atoms with E-state index in [0.717, 1.165) is 17.7 Å². The Labute approximate surface area is 119 Å². The number of aliphatic carboxylic acids is 1. The number of hydrogen-bond acceptors (Lipinski definition) is 2. The van der Waals surface area contributed by atoms with Crippen molar-refractivity contribution in [2.45, 2.75) is 58.0 Å². The van der Waals surface area contributed by atoms with Crippen LogP contribution in [0, 0.1) is 5.82 Å². The van der Waals surface area contributed by atoms with Crippen LogP contribution in [0.5, 0.6) is 0 Å². The van der Waals surface area contributed by atoms with Crippen LogP contribution in [-0.2, 0) is 4.79 Å². The number of carboxylic acids is 1. The minimum absolute atomic E-state index is 0.205. The number of carbonyl (C=O) groups is 1. The molecule has 0 radical (unpaired) electrons. The van der Waals surface area contributed by atoms with Gasteiger partial charge in [-0.3, -0.25) is 0 Å². The Morgan fingerprint density at radius 3 is 2.60 bits per heavy atom. The lowest BCUT2D eigenvalue weighted by molar-refractivity contribution is -0.142. The molecule has 2 rings (SSSR count). The topological polar surface area (TPSA) is 40.5 Å². The summed E-state index contributed by atoms with van der Waals surface area (Å²) in [6, 6.07) is 4.63. The number of benzene rings is 1. The number of rotatable bonds is 2. The van der Waals surface area contributed by atoms with Crippen molar-refractivity contribution >= 4 is 11.7 Å². The third kappa shape index (κ3) is 2.17. The van der Waals surface area contributed by atoms with Gasteiger partial charge in [0.2, 0.25) is 0 Å².